The predicted octanol–water partition coefficient (Wildman–Crippen LogP) is 3.60. The summed E-state index contributed by atoms with van der Waals surface area (Å²) in [6.45, 7) is 8.35. The molecule has 18 heavy (non-hydrogen) atoms. The Morgan fingerprint density at radius 2 is 1.89 bits per heavy atom. The lowest BCUT2D eigenvalue weighted by Crippen LogP contribution is -2.36. The van der Waals surface area contributed by atoms with E-state index in [1.165, 1.54) is 5.56 Å². The Morgan fingerprint density at radius 3 is 2.44 bits per heavy atom. The number of hydrogen-bond donors (Lipinski definition) is 0. The van der Waals surface area contributed by atoms with Gasteiger partial charge in [0.05, 0.1) is 0 Å². The lowest BCUT2D eigenvalue weighted by Gasteiger charge is -2.34. The minimum atomic E-state index is 0.0165. The molecule has 0 atom stereocenters. The molecule has 0 radical (unpaired) electrons. The van der Waals surface area contributed by atoms with Crippen LogP contribution in [0.1, 0.15) is 50.3 Å². The Hall–Kier alpha value is -0.890. The van der Waals surface area contributed by atoms with Gasteiger partial charge in [-0.15, -0.1) is 0 Å². The summed E-state index contributed by atoms with van der Waals surface area (Å²) in [6.07, 6.45) is 2.30. The monoisotopic (exact) mass is 247 g/mol. The van der Waals surface area contributed by atoms with E-state index < -0.39 is 0 Å². The molecule has 1 nitrogen and oxygen atoms in total. The van der Waals surface area contributed by atoms with Crippen LogP contribution in [0.3, 0.4) is 0 Å². The van der Waals surface area contributed by atoms with Crippen molar-refractivity contribution in [1.82, 2.24) is 4.90 Å². The Balaban J connectivity index is 2.15. The van der Waals surface area contributed by atoms with E-state index in [0.29, 0.717) is 0 Å². The highest BCUT2D eigenvalue weighted by Gasteiger charge is 2.50. The molecule has 3 rings (SSSR count). The zero-order valence-corrected chi connectivity index (χ0v) is 11.8. The number of benzene rings is 1. The first-order valence-electron chi connectivity index (χ1n) is 6.84. The second kappa shape index (κ2) is 3.57. The van der Waals surface area contributed by atoms with E-state index >= 15 is 0 Å². The lowest BCUT2D eigenvalue weighted by atomic mass is 9.80. The van der Waals surface area contributed by atoms with Crippen molar-refractivity contribution in [3.8, 4) is 0 Å². The maximum absolute atomic E-state index is 14.5. The zero-order valence-electron chi connectivity index (χ0n) is 11.8. The van der Waals surface area contributed by atoms with E-state index in [1.807, 2.05) is 0 Å². The summed E-state index contributed by atoms with van der Waals surface area (Å²) in [7, 11) is 2.14. The van der Waals surface area contributed by atoms with Crippen molar-refractivity contribution in [2.45, 2.75) is 51.0 Å². The van der Waals surface area contributed by atoms with Crippen molar-refractivity contribution in [2.75, 3.05) is 13.6 Å². The van der Waals surface area contributed by atoms with Gasteiger partial charge in [0.15, 0.2) is 0 Å². The molecule has 2 aliphatic rings. The van der Waals surface area contributed by atoms with Gasteiger partial charge in [0, 0.05) is 18.5 Å². The van der Waals surface area contributed by atoms with Crippen LogP contribution in [0.4, 0.5) is 4.39 Å². The van der Waals surface area contributed by atoms with Gasteiger partial charge in [-0.3, -0.25) is 0 Å². The number of halogens is 1. The zero-order chi connectivity index (χ0) is 13.1. The minimum Gasteiger partial charge on any atom is -0.301 e. The Morgan fingerprint density at radius 1 is 1.22 bits per heavy atom. The van der Waals surface area contributed by atoms with Crippen molar-refractivity contribution >= 4 is 0 Å². The minimum absolute atomic E-state index is 0.0165. The summed E-state index contributed by atoms with van der Waals surface area (Å²) in [5.41, 5.74) is 3.51. The second-order valence-corrected chi connectivity index (χ2v) is 7.19. The standard InChI is InChI=1S/C16H22FN/c1-15(2,3)12-7-11-9-18(4)10-16(5-6-16)14(11)13(17)8-12/h7-8H,5-6,9-10H2,1-4H3. The van der Waals surface area contributed by atoms with Crippen molar-refractivity contribution in [3.05, 3.63) is 34.6 Å². The fourth-order valence-corrected chi connectivity index (χ4v) is 3.32. The van der Waals surface area contributed by atoms with Crippen LogP contribution in [0.25, 0.3) is 0 Å². The van der Waals surface area contributed by atoms with Gasteiger partial charge in [-0.05, 0) is 48.1 Å². The van der Waals surface area contributed by atoms with Gasteiger partial charge in [-0.25, -0.2) is 4.39 Å². The Kier molecular flexibility index (Phi) is 2.41. The third-order valence-corrected chi connectivity index (χ3v) is 4.43. The maximum Gasteiger partial charge on any atom is 0.127 e. The highest BCUT2D eigenvalue weighted by Crippen LogP contribution is 2.53. The summed E-state index contributed by atoms with van der Waals surface area (Å²) >= 11 is 0. The molecule has 0 unspecified atom stereocenters. The molecule has 0 N–H and O–H groups in total. The molecular weight excluding hydrogens is 225 g/mol. The molecule has 1 aromatic carbocycles. The average Bonchev–Trinajstić information content (AvgIpc) is 2.94. The first kappa shape index (κ1) is 12.2. The molecule has 1 fully saturated rings. The first-order valence-corrected chi connectivity index (χ1v) is 6.84. The van der Waals surface area contributed by atoms with Crippen molar-refractivity contribution < 1.29 is 4.39 Å². The van der Waals surface area contributed by atoms with Crippen LogP contribution in [0.15, 0.2) is 12.1 Å². The molecule has 0 bridgehead atoms. The van der Waals surface area contributed by atoms with Crippen LogP contribution in [-0.4, -0.2) is 18.5 Å². The summed E-state index contributed by atoms with van der Waals surface area (Å²) in [6, 6.07) is 4.00. The number of rotatable bonds is 0. The third-order valence-electron chi connectivity index (χ3n) is 4.43. The highest BCUT2D eigenvalue weighted by atomic mass is 19.1. The van der Waals surface area contributed by atoms with Gasteiger partial charge >= 0.3 is 0 Å². The molecule has 1 aliphatic carbocycles. The largest absolute Gasteiger partial charge is 0.301 e. The van der Waals surface area contributed by atoms with E-state index in [-0.39, 0.29) is 16.6 Å². The highest BCUT2D eigenvalue weighted by molar-refractivity contribution is 5.45. The first-order chi connectivity index (χ1) is 8.32. The molecule has 0 aromatic heterocycles. The maximum atomic E-state index is 14.5. The van der Waals surface area contributed by atoms with Crippen molar-refractivity contribution in [2.24, 2.45) is 0 Å². The SMILES string of the molecule is CN1Cc2cc(C(C)(C)C)cc(F)c2C2(CC2)C1. The fourth-order valence-electron chi connectivity index (χ4n) is 3.32. The van der Waals surface area contributed by atoms with Crippen LogP contribution in [0, 0.1) is 5.82 Å². The number of hydrogen-bond acceptors (Lipinski definition) is 1. The lowest BCUT2D eigenvalue weighted by molar-refractivity contribution is 0.265. The van der Waals surface area contributed by atoms with Crippen molar-refractivity contribution in [3.63, 3.8) is 0 Å². The average molecular weight is 247 g/mol. The van der Waals surface area contributed by atoms with Gasteiger partial charge in [-0.2, -0.15) is 0 Å². The van der Waals surface area contributed by atoms with Gasteiger partial charge in [0.1, 0.15) is 5.82 Å². The van der Waals surface area contributed by atoms with Crippen LogP contribution in [0.5, 0.6) is 0 Å². The Bertz CT molecular complexity index is 495. The quantitative estimate of drug-likeness (QED) is 0.677. The van der Waals surface area contributed by atoms with Crippen LogP contribution < -0.4 is 0 Å². The van der Waals surface area contributed by atoms with Crippen LogP contribution in [0.2, 0.25) is 0 Å². The molecule has 2 heteroatoms. The molecule has 1 spiro atoms. The van der Waals surface area contributed by atoms with E-state index in [1.54, 1.807) is 6.07 Å². The van der Waals surface area contributed by atoms with Crippen LogP contribution in [-0.2, 0) is 17.4 Å². The van der Waals surface area contributed by atoms with E-state index in [2.05, 4.69) is 38.8 Å². The molecule has 1 aromatic rings. The fraction of sp³-hybridized carbons (Fsp3) is 0.625. The summed E-state index contributed by atoms with van der Waals surface area (Å²) in [4.78, 5) is 2.33. The van der Waals surface area contributed by atoms with Gasteiger partial charge in [0.2, 0.25) is 0 Å². The number of nitrogens with zero attached hydrogens (tertiary/aromatic N) is 1. The summed E-state index contributed by atoms with van der Waals surface area (Å²) < 4.78 is 14.5. The molecule has 1 heterocycles. The van der Waals surface area contributed by atoms with Gasteiger partial charge in [0.25, 0.3) is 0 Å². The molecular formula is C16H22FN. The van der Waals surface area contributed by atoms with Crippen LogP contribution >= 0.6 is 0 Å². The Labute approximate surface area is 109 Å². The summed E-state index contributed by atoms with van der Waals surface area (Å²) in [5, 5.41) is 0. The number of likely N-dealkylation sites (N-methyl/N-ethyl adjacent to an activating group) is 1. The normalized spacial score (nSPS) is 22.1. The third kappa shape index (κ3) is 1.78. The van der Waals surface area contributed by atoms with Gasteiger partial charge in [-0.1, -0.05) is 26.8 Å². The number of fused-ring (bicyclic) bond motifs is 2. The smallest absolute Gasteiger partial charge is 0.127 e. The van der Waals surface area contributed by atoms with E-state index in [4.69, 9.17) is 0 Å². The molecule has 0 amide bonds. The molecule has 1 saturated carbocycles. The second-order valence-electron chi connectivity index (χ2n) is 7.19. The van der Waals surface area contributed by atoms with E-state index in [0.717, 1.165) is 37.1 Å². The van der Waals surface area contributed by atoms with E-state index in [9.17, 15) is 4.39 Å². The summed E-state index contributed by atoms with van der Waals surface area (Å²) in [5.74, 6) is 0.0306. The topological polar surface area (TPSA) is 3.24 Å². The molecule has 98 valence electrons. The predicted molar refractivity (Wildman–Crippen MR) is 72.3 cm³/mol. The molecule has 0 saturated heterocycles. The molecule has 1 aliphatic heterocycles. The van der Waals surface area contributed by atoms with Gasteiger partial charge < -0.3 is 4.90 Å². The van der Waals surface area contributed by atoms with Crippen molar-refractivity contribution in [1.29, 1.82) is 0 Å².